The lowest BCUT2D eigenvalue weighted by atomic mass is 10.2. The monoisotopic (exact) mass is 332 g/mol. The van der Waals surface area contributed by atoms with E-state index in [1.54, 1.807) is 0 Å². The lowest BCUT2D eigenvalue weighted by Gasteiger charge is -2.00. The van der Waals surface area contributed by atoms with E-state index in [2.05, 4.69) is 0 Å². The molecule has 0 aliphatic carbocycles. The number of alkyl halides is 6. The summed E-state index contributed by atoms with van der Waals surface area (Å²) < 4.78 is 67.8. The molecule has 0 N–H and O–H groups in total. The summed E-state index contributed by atoms with van der Waals surface area (Å²) in [5.74, 6) is -5.52. The molecular weight excluding hydrogens is 322 g/mol. The molecule has 2 radical (unpaired) electrons. The molecule has 0 heterocycles. The summed E-state index contributed by atoms with van der Waals surface area (Å²) in [6.45, 7) is 1.87. The molecule has 0 saturated carbocycles. The summed E-state index contributed by atoms with van der Waals surface area (Å²) in [6, 6.07) is 0. The number of rotatable bonds is 4. The number of carbonyl (C=O) groups is 4. The Morgan fingerprint density at radius 1 is 0.667 bits per heavy atom. The van der Waals surface area contributed by atoms with Gasteiger partial charge in [0, 0.05) is 23.1 Å². The number of carbonyl (C=O) groups excluding carboxylic acids is 4. The van der Waals surface area contributed by atoms with Gasteiger partial charge in [0.2, 0.25) is 11.6 Å². The fourth-order valence-corrected chi connectivity index (χ4v) is 0.653. The third-order valence-electron chi connectivity index (χ3n) is 1.45. The molecule has 0 atom stereocenters. The van der Waals surface area contributed by atoms with Crippen molar-refractivity contribution in [2.24, 2.45) is 0 Å². The Labute approximate surface area is 131 Å². The molecule has 0 aromatic carbocycles. The lowest BCUT2D eigenvalue weighted by Crippen LogP contribution is -2.24. The van der Waals surface area contributed by atoms with Gasteiger partial charge < -0.3 is 0 Å². The summed E-state index contributed by atoms with van der Waals surface area (Å²) in [5.41, 5.74) is 0. The second-order valence-electron chi connectivity index (χ2n) is 3.60. The summed E-state index contributed by atoms with van der Waals surface area (Å²) in [4.78, 5) is 39.8. The molecule has 118 valence electrons. The fourth-order valence-electron chi connectivity index (χ4n) is 0.653. The molecule has 11 heteroatoms. The molecule has 0 fully saturated rings. The third kappa shape index (κ3) is 15.2. The van der Waals surface area contributed by atoms with Crippen LogP contribution in [0.15, 0.2) is 0 Å². The highest BCUT2D eigenvalue weighted by atomic mass is 24.3. The Balaban J connectivity index is -0.000000295. The van der Waals surface area contributed by atoms with E-state index in [4.69, 9.17) is 0 Å². The largest absolute Gasteiger partial charge is 0.450 e. The fraction of sp³-hybridized carbons (Fsp3) is 0.600. The molecule has 0 rings (SSSR count). The molecule has 4 nitrogen and oxygen atoms in total. The van der Waals surface area contributed by atoms with Gasteiger partial charge in [-0.15, -0.1) is 0 Å². The van der Waals surface area contributed by atoms with Crippen molar-refractivity contribution >= 4 is 46.2 Å². The van der Waals surface area contributed by atoms with Gasteiger partial charge in [-0.05, 0) is 13.8 Å². The van der Waals surface area contributed by atoms with Crippen molar-refractivity contribution in [3.63, 3.8) is 0 Å². The van der Waals surface area contributed by atoms with Gasteiger partial charge >= 0.3 is 12.4 Å². The van der Waals surface area contributed by atoms with Crippen molar-refractivity contribution in [2.75, 3.05) is 0 Å². The Morgan fingerprint density at radius 3 is 0.905 bits per heavy atom. The van der Waals surface area contributed by atoms with Gasteiger partial charge in [0.25, 0.3) is 0 Å². The van der Waals surface area contributed by atoms with E-state index in [-0.39, 0.29) is 23.1 Å². The average Bonchev–Trinajstić information content (AvgIpc) is 2.13. The first-order valence-corrected chi connectivity index (χ1v) is 4.86. The quantitative estimate of drug-likeness (QED) is 0.447. The van der Waals surface area contributed by atoms with Crippen LogP contribution in [0, 0.1) is 0 Å². The minimum Gasteiger partial charge on any atom is -0.300 e. The summed E-state index contributed by atoms with van der Waals surface area (Å²) in [5, 5.41) is 0. The van der Waals surface area contributed by atoms with E-state index in [1.165, 1.54) is 0 Å². The van der Waals surface area contributed by atoms with Crippen molar-refractivity contribution in [2.45, 2.75) is 39.0 Å². The van der Waals surface area contributed by atoms with Crippen LogP contribution in [-0.2, 0) is 19.2 Å². The predicted octanol–water partition coefficient (Wildman–Crippen LogP) is 1.81. The molecule has 21 heavy (non-hydrogen) atoms. The van der Waals surface area contributed by atoms with Crippen molar-refractivity contribution in [1.82, 2.24) is 0 Å². The van der Waals surface area contributed by atoms with Crippen molar-refractivity contribution < 1.29 is 45.5 Å². The molecule has 0 unspecified atom stereocenters. The number of Topliss-reactive ketones (excluding diaryl/α,β-unsaturated/α-hetero) is 4. The molecular formula is C10H10F6MgO4. The Kier molecular flexibility index (Phi) is 11.8. The first kappa shape index (κ1) is 25.0. The van der Waals surface area contributed by atoms with Crippen LogP contribution < -0.4 is 0 Å². The number of ketones is 4. The molecule has 0 bridgehead atoms. The SMILES string of the molecule is CC(=O)CC(=O)C(F)(F)F.CC(=O)CC(=O)C(F)(F)F.[Mg]. The summed E-state index contributed by atoms with van der Waals surface area (Å²) in [6.07, 6.45) is -11.8. The van der Waals surface area contributed by atoms with Gasteiger partial charge in [0.15, 0.2) is 0 Å². The maximum Gasteiger partial charge on any atom is 0.450 e. The van der Waals surface area contributed by atoms with Crippen LogP contribution in [0.3, 0.4) is 0 Å². The molecule has 0 aromatic rings. The highest BCUT2D eigenvalue weighted by molar-refractivity contribution is 6.01. The van der Waals surface area contributed by atoms with Crippen LogP contribution in [0.1, 0.15) is 26.7 Å². The second kappa shape index (κ2) is 9.87. The van der Waals surface area contributed by atoms with Crippen molar-refractivity contribution in [1.29, 1.82) is 0 Å². The zero-order chi connectivity index (χ0) is 16.7. The first-order chi connectivity index (χ1) is 8.67. The smallest absolute Gasteiger partial charge is 0.300 e. The topological polar surface area (TPSA) is 68.3 Å². The van der Waals surface area contributed by atoms with E-state index in [9.17, 15) is 45.5 Å². The van der Waals surface area contributed by atoms with Gasteiger partial charge in [-0.3, -0.25) is 19.2 Å². The lowest BCUT2D eigenvalue weighted by molar-refractivity contribution is -0.171. The second-order valence-corrected chi connectivity index (χ2v) is 3.60. The minimum absolute atomic E-state index is 0. The van der Waals surface area contributed by atoms with E-state index >= 15 is 0 Å². The maximum atomic E-state index is 11.3. The molecule has 0 aromatic heterocycles. The van der Waals surface area contributed by atoms with Crippen molar-refractivity contribution in [3.8, 4) is 0 Å². The third-order valence-corrected chi connectivity index (χ3v) is 1.45. The Hall–Kier alpha value is -0.974. The van der Waals surface area contributed by atoms with E-state index in [0.29, 0.717) is 0 Å². The van der Waals surface area contributed by atoms with E-state index in [0.717, 1.165) is 13.8 Å². The zero-order valence-corrected chi connectivity index (χ0v) is 12.4. The number of hydrogen-bond acceptors (Lipinski definition) is 4. The van der Waals surface area contributed by atoms with Gasteiger partial charge in [-0.25, -0.2) is 0 Å². The predicted molar refractivity (Wildman–Crippen MR) is 58.5 cm³/mol. The standard InChI is InChI=1S/2C5H5F3O2.Mg/c2*1-3(9)2-4(10)5(6,7)8;/h2*2H2,1H3;. The Bertz CT molecular complexity index is 361. The van der Waals surface area contributed by atoms with Crippen LogP contribution in [0.25, 0.3) is 0 Å². The average molecular weight is 332 g/mol. The van der Waals surface area contributed by atoms with Gasteiger partial charge in [0.1, 0.15) is 11.6 Å². The highest BCUT2D eigenvalue weighted by Crippen LogP contribution is 2.18. The van der Waals surface area contributed by atoms with Crippen LogP contribution in [-0.4, -0.2) is 58.5 Å². The van der Waals surface area contributed by atoms with Gasteiger partial charge in [0.05, 0.1) is 12.8 Å². The molecule has 0 aliphatic rings. The molecule has 0 saturated heterocycles. The van der Waals surface area contributed by atoms with Crippen LogP contribution in [0.4, 0.5) is 26.3 Å². The van der Waals surface area contributed by atoms with E-state index < -0.39 is 48.3 Å². The van der Waals surface area contributed by atoms with Crippen LogP contribution in [0.2, 0.25) is 0 Å². The summed E-state index contributed by atoms with van der Waals surface area (Å²) in [7, 11) is 0. The van der Waals surface area contributed by atoms with Gasteiger partial charge in [-0.2, -0.15) is 26.3 Å². The normalized spacial score (nSPS) is 10.7. The minimum atomic E-state index is -4.87. The highest BCUT2D eigenvalue weighted by Gasteiger charge is 2.38. The number of hydrogen-bond donors (Lipinski definition) is 0. The van der Waals surface area contributed by atoms with Gasteiger partial charge in [-0.1, -0.05) is 0 Å². The molecule has 0 amide bonds. The Morgan fingerprint density at radius 2 is 0.857 bits per heavy atom. The maximum absolute atomic E-state index is 11.3. The molecule has 0 spiro atoms. The van der Waals surface area contributed by atoms with Crippen molar-refractivity contribution in [3.05, 3.63) is 0 Å². The summed E-state index contributed by atoms with van der Waals surface area (Å²) >= 11 is 0. The first-order valence-electron chi connectivity index (χ1n) is 4.86. The zero-order valence-electron chi connectivity index (χ0n) is 11.0. The van der Waals surface area contributed by atoms with Crippen LogP contribution in [0.5, 0.6) is 0 Å². The van der Waals surface area contributed by atoms with Crippen LogP contribution >= 0.6 is 0 Å². The molecule has 0 aliphatic heterocycles. The van der Waals surface area contributed by atoms with E-state index in [1.807, 2.05) is 0 Å². The number of halogens is 6.